The van der Waals surface area contributed by atoms with Crippen LogP contribution in [0.4, 0.5) is 0 Å². The Kier molecular flexibility index (Phi) is 3.88. The highest BCUT2D eigenvalue weighted by molar-refractivity contribution is 7.11. The first-order valence-electron chi connectivity index (χ1n) is 4.90. The molecule has 1 aromatic heterocycles. The summed E-state index contributed by atoms with van der Waals surface area (Å²) >= 11 is 1.75. The van der Waals surface area contributed by atoms with Crippen LogP contribution >= 0.6 is 11.3 Å². The minimum Gasteiger partial charge on any atom is -0.322 e. The standard InChI is InChI=1S/C10H18N2S/c1-4-6-8(11)10-12-9(5-2)7(3)13-10/h8H,4-6,11H2,1-3H3. The van der Waals surface area contributed by atoms with Crippen molar-refractivity contribution in [2.24, 2.45) is 5.73 Å². The Balaban J connectivity index is 2.77. The maximum Gasteiger partial charge on any atom is 0.110 e. The van der Waals surface area contributed by atoms with Gasteiger partial charge in [-0.1, -0.05) is 20.3 Å². The lowest BCUT2D eigenvalue weighted by Crippen LogP contribution is -2.09. The first-order chi connectivity index (χ1) is 6.19. The van der Waals surface area contributed by atoms with Gasteiger partial charge in [-0.05, 0) is 19.8 Å². The number of nitrogens with two attached hydrogens (primary N) is 1. The molecular weight excluding hydrogens is 180 g/mol. The van der Waals surface area contributed by atoms with Gasteiger partial charge in [-0.3, -0.25) is 0 Å². The summed E-state index contributed by atoms with van der Waals surface area (Å²) in [5.41, 5.74) is 7.20. The van der Waals surface area contributed by atoms with Crippen LogP contribution in [0.15, 0.2) is 0 Å². The Labute approximate surface area is 84.2 Å². The Hall–Kier alpha value is -0.410. The van der Waals surface area contributed by atoms with Crippen LogP contribution in [0.5, 0.6) is 0 Å². The molecule has 0 saturated heterocycles. The molecule has 0 aliphatic rings. The van der Waals surface area contributed by atoms with E-state index in [1.165, 1.54) is 10.6 Å². The molecular formula is C10H18N2S. The second-order valence-corrected chi connectivity index (χ2v) is 4.54. The first-order valence-corrected chi connectivity index (χ1v) is 5.72. The third-order valence-electron chi connectivity index (χ3n) is 2.16. The average Bonchev–Trinajstić information content (AvgIpc) is 2.47. The summed E-state index contributed by atoms with van der Waals surface area (Å²) in [4.78, 5) is 5.86. The number of rotatable bonds is 4. The van der Waals surface area contributed by atoms with Gasteiger partial charge in [-0.25, -0.2) is 4.98 Å². The van der Waals surface area contributed by atoms with Gasteiger partial charge >= 0.3 is 0 Å². The lowest BCUT2D eigenvalue weighted by Gasteiger charge is -2.04. The zero-order valence-electron chi connectivity index (χ0n) is 8.63. The van der Waals surface area contributed by atoms with Gasteiger partial charge < -0.3 is 5.73 Å². The minimum absolute atomic E-state index is 0.147. The normalized spacial score (nSPS) is 13.2. The van der Waals surface area contributed by atoms with Crippen molar-refractivity contribution in [3.8, 4) is 0 Å². The van der Waals surface area contributed by atoms with Crippen molar-refractivity contribution in [2.75, 3.05) is 0 Å². The predicted octanol–water partition coefficient (Wildman–Crippen LogP) is 2.81. The van der Waals surface area contributed by atoms with E-state index in [1.54, 1.807) is 11.3 Å². The zero-order chi connectivity index (χ0) is 9.84. The molecule has 3 heteroatoms. The molecule has 0 amide bonds. The molecule has 0 aromatic carbocycles. The van der Waals surface area contributed by atoms with Gasteiger partial charge in [0.15, 0.2) is 0 Å². The third kappa shape index (κ3) is 2.51. The topological polar surface area (TPSA) is 38.9 Å². The lowest BCUT2D eigenvalue weighted by molar-refractivity contribution is 0.632. The van der Waals surface area contributed by atoms with Crippen LogP contribution in [0.1, 0.15) is 48.3 Å². The fourth-order valence-corrected chi connectivity index (χ4v) is 2.42. The van der Waals surface area contributed by atoms with Crippen molar-refractivity contribution in [3.05, 3.63) is 15.6 Å². The Bertz CT molecular complexity index is 268. The van der Waals surface area contributed by atoms with Crippen LogP contribution in [0.3, 0.4) is 0 Å². The van der Waals surface area contributed by atoms with Crippen LogP contribution in [-0.4, -0.2) is 4.98 Å². The van der Waals surface area contributed by atoms with Gasteiger partial charge in [0, 0.05) is 4.88 Å². The largest absolute Gasteiger partial charge is 0.322 e. The van der Waals surface area contributed by atoms with Gasteiger partial charge in [0.25, 0.3) is 0 Å². The summed E-state index contributed by atoms with van der Waals surface area (Å²) in [7, 11) is 0. The van der Waals surface area contributed by atoms with Gasteiger partial charge in [-0.2, -0.15) is 0 Å². The van der Waals surface area contributed by atoms with Gasteiger partial charge in [0.05, 0.1) is 11.7 Å². The maximum atomic E-state index is 5.99. The van der Waals surface area contributed by atoms with Crippen molar-refractivity contribution in [2.45, 2.75) is 46.1 Å². The first kappa shape index (κ1) is 10.7. The van der Waals surface area contributed by atoms with E-state index in [1.807, 2.05) is 0 Å². The van der Waals surface area contributed by atoms with Gasteiger partial charge in [0.1, 0.15) is 5.01 Å². The summed E-state index contributed by atoms with van der Waals surface area (Å²) in [6.07, 6.45) is 3.18. The molecule has 0 spiro atoms. The predicted molar refractivity (Wildman–Crippen MR) is 58.1 cm³/mol. The van der Waals surface area contributed by atoms with E-state index in [4.69, 9.17) is 5.73 Å². The fourth-order valence-electron chi connectivity index (χ4n) is 1.37. The van der Waals surface area contributed by atoms with Crippen LogP contribution in [0.2, 0.25) is 0 Å². The molecule has 2 N–H and O–H groups in total. The van der Waals surface area contributed by atoms with E-state index in [0.29, 0.717) is 0 Å². The second kappa shape index (κ2) is 4.72. The van der Waals surface area contributed by atoms with Gasteiger partial charge in [-0.15, -0.1) is 11.3 Å². The Morgan fingerprint density at radius 1 is 1.46 bits per heavy atom. The average molecular weight is 198 g/mol. The van der Waals surface area contributed by atoms with E-state index in [2.05, 4.69) is 25.8 Å². The number of aryl methyl sites for hydroxylation is 2. The third-order valence-corrected chi connectivity index (χ3v) is 3.31. The molecule has 1 rings (SSSR count). The summed E-state index contributed by atoms with van der Waals surface area (Å²) in [6.45, 7) is 6.41. The SMILES string of the molecule is CCCC(N)c1nc(CC)c(C)s1. The molecule has 1 unspecified atom stereocenters. The van der Waals surface area contributed by atoms with E-state index >= 15 is 0 Å². The molecule has 13 heavy (non-hydrogen) atoms. The monoisotopic (exact) mass is 198 g/mol. The molecule has 1 atom stereocenters. The number of hydrogen-bond donors (Lipinski definition) is 1. The lowest BCUT2D eigenvalue weighted by atomic mass is 10.2. The molecule has 1 aromatic rings. The van der Waals surface area contributed by atoms with Crippen molar-refractivity contribution in [1.82, 2.24) is 4.98 Å². The van der Waals surface area contributed by atoms with Crippen molar-refractivity contribution < 1.29 is 0 Å². The van der Waals surface area contributed by atoms with Crippen molar-refractivity contribution in [1.29, 1.82) is 0 Å². The van der Waals surface area contributed by atoms with E-state index in [0.717, 1.165) is 24.3 Å². The number of hydrogen-bond acceptors (Lipinski definition) is 3. The smallest absolute Gasteiger partial charge is 0.110 e. The number of aromatic nitrogens is 1. The van der Waals surface area contributed by atoms with Crippen LogP contribution in [-0.2, 0) is 6.42 Å². The molecule has 0 fully saturated rings. The van der Waals surface area contributed by atoms with E-state index < -0.39 is 0 Å². The Morgan fingerprint density at radius 2 is 2.15 bits per heavy atom. The van der Waals surface area contributed by atoms with Crippen LogP contribution < -0.4 is 5.73 Å². The molecule has 0 bridgehead atoms. The van der Waals surface area contributed by atoms with E-state index in [-0.39, 0.29) is 6.04 Å². The second-order valence-electron chi connectivity index (χ2n) is 3.30. The molecule has 0 aliphatic heterocycles. The van der Waals surface area contributed by atoms with Gasteiger partial charge in [0.2, 0.25) is 0 Å². The summed E-state index contributed by atoms with van der Waals surface area (Å²) in [5.74, 6) is 0. The minimum atomic E-state index is 0.147. The molecule has 0 saturated carbocycles. The highest BCUT2D eigenvalue weighted by atomic mass is 32.1. The zero-order valence-corrected chi connectivity index (χ0v) is 9.45. The highest BCUT2D eigenvalue weighted by Crippen LogP contribution is 2.24. The summed E-state index contributed by atoms with van der Waals surface area (Å²) in [5, 5.41) is 1.11. The molecule has 74 valence electrons. The summed E-state index contributed by atoms with van der Waals surface area (Å²) in [6, 6.07) is 0.147. The number of thiazole rings is 1. The molecule has 0 aliphatic carbocycles. The van der Waals surface area contributed by atoms with Crippen molar-refractivity contribution in [3.63, 3.8) is 0 Å². The fraction of sp³-hybridized carbons (Fsp3) is 0.700. The molecule has 1 heterocycles. The summed E-state index contributed by atoms with van der Waals surface area (Å²) < 4.78 is 0. The van der Waals surface area contributed by atoms with Crippen molar-refractivity contribution >= 4 is 11.3 Å². The van der Waals surface area contributed by atoms with Crippen LogP contribution in [0.25, 0.3) is 0 Å². The molecule has 0 radical (unpaired) electrons. The Morgan fingerprint density at radius 3 is 2.62 bits per heavy atom. The number of nitrogens with zero attached hydrogens (tertiary/aromatic N) is 1. The quantitative estimate of drug-likeness (QED) is 0.808. The highest BCUT2D eigenvalue weighted by Gasteiger charge is 2.11. The maximum absolute atomic E-state index is 5.99. The van der Waals surface area contributed by atoms with Crippen LogP contribution in [0, 0.1) is 6.92 Å². The molecule has 2 nitrogen and oxygen atoms in total. The van der Waals surface area contributed by atoms with E-state index in [9.17, 15) is 0 Å².